The largest absolute Gasteiger partial charge is 0.463 e. The Morgan fingerprint density at radius 3 is 2.48 bits per heavy atom. The van der Waals surface area contributed by atoms with E-state index in [4.69, 9.17) is 9.47 Å². The van der Waals surface area contributed by atoms with Crippen LogP contribution >= 0.6 is 0 Å². The highest BCUT2D eigenvalue weighted by atomic mass is 32.2. The number of nitrogens with one attached hydrogen (secondary N) is 2. The second kappa shape index (κ2) is 9.47. The number of ether oxygens (including phenoxy) is 2. The zero-order valence-electron chi connectivity index (χ0n) is 15.7. The number of likely N-dealkylation sites (N-methyl/N-ethyl adjacent to an activating group) is 1. The van der Waals surface area contributed by atoms with Crippen LogP contribution in [0.2, 0.25) is 0 Å². The van der Waals surface area contributed by atoms with Crippen LogP contribution in [0.3, 0.4) is 0 Å². The molecule has 0 spiro atoms. The molecule has 0 radical (unpaired) electrons. The van der Waals surface area contributed by atoms with Crippen LogP contribution < -0.4 is 10.6 Å². The van der Waals surface area contributed by atoms with Gasteiger partial charge in [-0.2, -0.15) is 4.31 Å². The molecule has 0 bridgehead atoms. The number of esters is 2. The molecule has 29 heavy (non-hydrogen) atoms. The Kier molecular flexibility index (Phi) is 7.29. The number of halogens is 1. The summed E-state index contributed by atoms with van der Waals surface area (Å²) in [6.07, 6.45) is 0. The highest BCUT2D eigenvalue weighted by molar-refractivity contribution is 7.89. The molecule has 10 nitrogen and oxygen atoms in total. The van der Waals surface area contributed by atoms with Crippen LogP contribution in [0.1, 0.15) is 6.92 Å². The number of nitrogens with zero attached hydrogens (tertiary/aromatic N) is 1. The van der Waals surface area contributed by atoms with Gasteiger partial charge in [0, 0.05) is 7.05 Å². The van der Waals surface area contributed by atoms with E-state index in [0.717, 1.165) is 35.6 Å². The molecule has 2 rings (SSSR count). The summed E-state index contributed by atoms with van der Waals surface area (Å²) >= 11 is 0. The molecule has 2 amide bonds. The normalized spacial score (nSPS) is 14.3. The molecule has 0 fully saturated rings. The van der Waals surface area contributed by atoms with Gasteiger partial charge in [-0.05, 0) is 31.2 Å². The minimum atomic E-state index is -4.03. The van der Waals surface area contributed by atoms with Crippen molar-refractivity contribution in [3.63, 3.8) is 0 Å². The number of hydrogen-bond acceptors (Lipinski definition) is 7. The number of hydrogen-bond donors (Lipinski definition) is 2. The number of sulfonamides is 1. The summed E-state index contributed by atoms with van der Waals surface area (Å²) < 4.78 is 48.4. The maximum atomic E-state index is 13.0. The van der Waals surface area contributed by atoms with E-state index in [1.165, 1.54) is 0 Å². The van der Waals surface area contributed by atoms with Crippen LogP contribution in [0.5, 0.6) is 0 Å². The predicted molar refractivity (Wildman–Crippen MR) is 97.4 cm³/mol. The number of rotatable bonds is 8. The molecule has 2 N–H and O–H groups in total. The third kappa shape index (κ3) is 5.74. The van der Waals surface area contributed by atoms with Gasteiger partial charge in [0.25, 0.3) is 0 Å². The number of carbonyl (C=O) groups excluding carboxylic acids is 3. The van der Waals surface area contributed by atoms with Gasteiger partial charge in [0.2, 0.25) is 10.0 Å². The van der Waals surface area contributed by atoms with Gasteiger partial charge in [-0.25, -0.2) is 22.4 Å². The monoisotopic (exact) mass is 429 g/mol. The summed E-state index contributed by atoms with van der Waals surface area (Å²) in [6.45, 7) is 0.551. The molecule has 1 aromatic carbocycles. The SMILES string of the molecule is CCOC(=O)C1=C(COC(=O)CN(C)S(=O)(=O)c2ccc(F)cc2)NC(=O)NC1. The van der Waals surface area contributed by atoms with E-state index < -0.39 is 47.0 Å². The van der Waals surface area contributed by atoms with Crippen molar-refractivity contribution in [2.45, 2.75) is 11.8 Å². The first-order chi connectivity index (χ1) is 13.6. The van der Waals surface area contributed by atoms with E-state index in [9.17, 15) is 27.2 Å². The Bertz CT molecular complexity index is 929. The molecule has 0 saturated heterocycles. The number of amides is 2. The van der Waals surface area contributed by atoms with Gasteiger partial charge in [-0.3, -0.25) is 4.79 Å². The lowest BCUT2D eigenvalue weighted by atomic mass is 10.2. The van der Waals surface area contributed by atoms with Crippen LogP contribution in [-0.2, 0) is 29.1 Å². The molecule has 0 saturated carbocycles. The average Bonchev–Trinajstić information content (AvgIpc) is 2.66. The molecular formula is C17H20FN3O7S. The van der Waals surface area contributed by atoms with Gasteiger partial charge in [-0.15, -0.1) is 0 Å². The second-order valence-electron chi connectivity index (χ2n) is 5.86. The highest BCUT2D eigenvalue weighted by Gasteiger charge is 2.26. The van der Waals surface area contributed by atoms with Crippen LogP contribution in [-0.4, -0.2) is 64.0 Å². The summed E-state index contributed by atoms with van der Waals surface area (Å²) in [5, 5.41) is 4.76. The van der Waals surface area contributed by atoms with Crippen molar-refractivity contribution in [2.75, 3.05) is 33.4 Å². The summed E-state index contributed by atoms with van der Waals surface area (Å²) in [7, 11) is -2.87. The molecule has 0 aliphatic carbocycles. The van der Waals surface area contributed by atoms with E-state index in [-0.39, 0.29) is 29.3 Å². The smallest absolute Gasteiger partial charge is 0.337 e. The summed E-state index contributed by atoms with van der Waals surface area (Å²) in [5.41, 5.74) is 0.135. The van der Waals surface area contributed by atoms with E-state index in [1.807, 2.05) is 0 Å². The van der Waals surface area contributed by atoms with Gasteiger partial charge in [0.05, 0.1) is 29.3 Å². The van der Waals surface area contributed by atoms with E-state index in [2.05, 4.69) is 10.6 Å². The first-order valence-electron chi connectivity index (χ1n) is 8.46. The summed E-state index contributed by atoms with van der Waals surface area (Å²) in [5.74, 6) is -2.19. The summed E-state index contributed by atoms with van der Waals surface area (Å²) in [6, 6.07) is 3.55. The molecule has 0 atom stereocenters. The fourth-order valence-electron chi connectivity index (χ4n) is 2.32. The van der Waals surface area contributed by atoms with E-state index in [0.29, 0.717) is 0 Å². The average molecular weight is 429 g/mol. The second-order valence-corrected chi connectivity index (χ2v) is 7.91. The van der Waals surface area contributed by atoms with Crippen LogP contribution in [0.25, 0.3) is 0 Å². The highest BCUT2D eigenvalue weighted by Crippen LogP contribution is 2.15. The molecule has 1 aliphatic heterocycles. The van der Waals surface area contributed by atoms with E-state index in [1.54, 1.807) is 6.92 Å². The molecule has 0 unspecified atom stereocenters. The first kappa shape index (κ1) is 22.3. The number of benzene rings is 1. The Hall–Kier alpha value is -2.99. The van der Waals surface area contributed by atoms with Crippen molar-refractivity contribution in [1.29, 1.82) is 0 Å². The van der Waals surface area contributed by atoms with Gasteiger partial charge in [-0.1, -0.05) is 0 Å². The van der Waals surface area contributed by atoms with Gasteiger partial charge < -0.3 is 20.1 Å². The minimum absolute atomic E-state index is 0.0459. The molecule has 12 heteroatoms. The van der Waals surface area contributed by atoms with Crippen LogP contribution in [0.4, 0.5) is 9.18 Å². The molecular weight excluding hydrogens is 409 g/mol. The Morgan fingerprint density at radius 2 is 1.86 bits per heavy atom. The van der Waals surface area contributed by atoms with Crippen molar-refractivity contribution in [3.8, 4) is 0 Å². The lowest BCUT2D eigenvalue weighted by Crippen LogP contribution is -2.45. The fourth-order valence-corrected chi connectivity index (χ4v) is 3.44. The lowest BCUT2D eigenvalue weighted by molar-refractivity contribution is -0.143. The third-order valence-corrected chi connectivity index (χ3v) is 5.64. The van der Waals surface area contributed by atoms with Crippen LogP contribution in [0, 0.1) is 5.82 Å². The maximum Gasteiger partial charge on any atom is 0.337 e. The van der Waals surface area contributed by atoms with Crippen molar-refractivity contribution in [1.82, 2.24) is 14.9 Å². The molecule has 1 aliphatic rings. The lowest BCUT2D eigenvalue weighted by Gasteiger charge is -2.21. The number of carbonyl (C=O) groups is 3. The van der Waals surface area contributed by atoms with Gasteiger partial charge in [0.15, 0.2) is 0 Å². The Morgan fingerprint density at radius 1 is 1.21 bits per heavy atom. The number of urea groups is 1. The quantitative estimate of drug-likeness (QED) is 0.561. The molecule has 1 heterocycles. The zero-order valence-corrected chi connectivity index (χ0v) is 16.5. The maximum absolute atomic E-state index is 13.0. The Labute approximate surface area is 166 Å². The summed E-state index contributed by atoms with van der Waals surface area (Å²) in [4.78, 5) is 35.3. The minimum Gasteiger partial charge on any atom is -0.463 e. The molecule has 0 aromatic heterocycles. The van der Waals surface area contributed by atoms with Crippen molar-refractivity contribution in [3.05, 3.63) is 41.4 Å². The van der Waals surface area contributed by atoms with Crippen molar-refractivity contribution >= 4 is 28.0 Å². The predicted octanol–water partition coefficient (Wildman–Crippen LogP) is 0.119. The third-order valence-electron chi connectivity index (χ3n) is 3.83. The first-order valence-corrected chi connectivity index (χ1v) is 9.90. The van der Waals surface area contributed by atoms with Gasteiger partial charge >= 0.3 is 18.0 Å². The van der Waals surface area contributed by atoms with Crippen molar-refractivity contribution in [2.24, 2.45) is 0 Å². The topological polar surface area (TPSA) is 131 Å². The van der Waals surface area contributed by atoms with Crippen LogP contribution in [0.15, 0.2) is 40.4 Å². The molecule has 158 valence electrons. The fraction of sp³-hybridized carbons (Fsp3) is 0.353. The van der Waals surface area contributed by atoms with Crippen molar-refractivity contribution < 1.29 is 36.7 Å². The van der Waals surface area contributed by atoms with E-state index >= 15 is 0 Å². The zero-order chi connectivity index (χ0) is 21.6. The van der Waals surface area contributed by atoms with Gasteiger partial charge in [0.1, 0.15) is 19.0 Å². The standard InChI is InChI=1S/C17H20FN3O7S/c1-3-27-16(23)13-8-19-17(24)20-14(13)10-28-15(22)9-21(2)29(25,26)12-6-4-11(18)5-7-12/h4-7H,3,8-10H2,1-2H3,(H2,19,20,24). The Balaban J connectivity index is 2.03. The molecule has 1 aromatic rings.